The van der Waals surface area contributed by atoms with Crippen molar-refractivity contribution in [2.24, 2.45) is 5.41 Å². The lowest BCUT2D eigenvalue weighted by Gasteiger charge is -2.40. The molecule has 5 heteroatoms. The van der Waals surface area contributed by atoms with Crippen LogP contribution in [0.15, 0.2) is 0 Å². The summed E-state index contributed by atoms with van der Waals surface area (Å²) in [6.07, 6.45) is -0.362. The highest BCUT2D eigenvalue weighted by Crippen LogP contribution is 2.30. The first-order valence-corrected chi connectivity index (χ1v) is 5.77. The number of hydrogen-bond acceptors (Lipinski definition) is 3. The van der Waals surface area contributed by atoms with E-state index in [9.17, 15) is 8.78 Å². The monoisotopic (exact) mass is 236 g/mol. The molecule has 1 heterocycles. The quantitative estimate of drug-likeness (QED) is 0.750. The molecule has 0 amide bonds. The standard InChI is InChI=1S/C11H22F2N2O/c1-14-8-11(3-5-16-6-4-11)9-15(2)7-10(12)13/h10,14H,3-9H2,1-2H3. The van der Waals surface area contributed by atoms with Crippen molar-refractivity contribution in [1.82, 2.24) is 10.2 Å². The normalized spacial score (nSPS) is 20.6. The molecule has 0 radical (unpaired) electrons. The van der Waals surface area contributed by atoms with Gasteiger partial charge in [-0.15, -0.1) is 0 Å². The minimum atomic E-state index is -2.25. The van der Waals surface area contributed by atoms with Gasteiger partial charge in [0.1, 0.15) is 0 Å². The number of nitrogens with zero attached hydrogens (tertiary/aromatic N) is 1. The summed E-state index contributed by atoms with van der Waals surface area (Å²) in [6.45, 7) is 2.91. The molecule has 0 atom stereocenters. The Morgan fingerprint density at radius 3 is 2.50 bits per heavy atom. The molecule has 1 aliphatic heterocycles. The molecule has 1 saturated heterocycles. The van der Waals surface area contributed by atoms with Gasteiger partial charge in [0.2, 0.25) is 0 Å². The van der Waals surface area contributed by atoms with E-state index in [2.05, 4.69) is 5.32 Å². The van der Waals surface area contributed by atoms with Crippen molar-refractivity contribution in [3.8, 4) is 0 Å². The van der Waals surface area contributed by atoms with Crippen molar-refractivity contribution in [2.75, 3.05) is 46.9 Å². The van der Waals surface area contributed by atoms with Crippen LogP contribution in [0.2, 0.25) is 0 Å². The van der Waals surface area contributed by atoms with Crippen LogP contribution in [0, 0.1) is 5.41 Å². The first-order chi connectivity index (χ1) is 7.58. The predicted octanol–water partition coefficient (Wildman–Crippen LogP) is 1.20. The SMILES string of the molecule is CNCC1(CN(C)CC(F)F)CCOCC1. The topological polar surface area (TPSA) is 24.5 Å². The fraction of sp³-hybridized carbons (Fsp3) is 1.00. The maximum Gasteiger partial charge on any atom is 0.251 e. The third-order valence-electron chi connectivity index (χ3n) is 3.16. The van der Waals surface area contributed by atoms with Gasteiger partial charge in [0.15, 0.2) is 0 Å². The molecule has 0 aliphatic carbocycles. The van der Waals surface area contributed by atoms with E-state index >= 15 is 0 Å². The van der Waals surface area contributed by atoms with Crippen LogP contribution in [0.3, 0.4) is 0 Å². The molecule has 16 heavy (non-hydrogen) atoms. The predicted molar refractivity (Wildman–Crippen MR) is 59.9 cm³/mol. The summed E-state index contributed by atoms with van der Waals surface area (Å²) in [4.78, 5) is 1.73. The number of halogens is 2. The van der Waals surface area contributed by atoms with Crippen LogP contribution in [0.1, 0.15) is 12.8 Å². The van der Waals surface area contributed by atoms with Crippen molar-refractivity contribution in [2.45, 2.75) is 19.3 Å². The van der Waals surface area contributed by atoms with Gasteiger partial charge in [-0.3, -0.25) is 0 Å². The van der Waals surface area contributed by atoms with Gasteiger partial charge in [0.25, 0.3) is 6.43 Å². The molecular formula is C11H22F2N2O. The molecule has 0 bridgehead atoms. The van der Waals surface area contributed by atoms with Crippen molar-refractivity contribution in [1.29, 1.82) is 0 Å². The summed E-state index contributed by atoms with van der Waals surface area (Å²) in [7, 11) is 3.67. The van der Waals surface area contributed by atoms with Gasteiger partial charge in [0, 0.05) is 26.3 Å². The minimum absolute atomic E-state index is 0.0939. The summed E-state index contributed by atoms with van der Waals surface area (Å²) >= 11 is 0. The van der Waals surface area contributed by atoms with E-state index < -0.39 is 6.43 Å². The van der Waals surface area contributed by atoms with Gasteiger partial charge in [-0.1, -0.05) is 0 Å². The maximum absolute atomic E-state index is 12.3. The lowest BCUT2D eigenvalue weighted by atomic mass is 9.79. The summed E-state index contributed by atoms with van der Waals surface area (Å²) in [6, 6.07) is 0. The lowest BCUT2D eigenvalue weighted by Crippen LogP contribution is -2.46. The molecular weight excluding hydrogens is 214 g/mol. The lowest BCUT2D eigenvalue weighted by molar-refractivity contribution is -0.00808. The van der Waals surface area contributed by atoms with Gasteiger partial charge >= 0.3 is 0 Å². The molecule has 1 N–H and O–H groups in total. The first-order valence-electron chi connectivity index (χ1n) is 5.77. The van der Waals surface area contributed by atoms with E-state index in [4.69, 9.17) is 4.74 Å². The Balaban J connectivity index is 2.48. The second-order valence-corrected chi connectivity index (χ2v) is 4.73. The molecule has 0 unspecified atom stereocenters. The highest BCUT2D eigenvalue weighted by Gasteiger charge is 2.33. The number of alkyl halides is 2. The Kier molecular flexibility index (Phi) is 5.58. The fourth-order valence-electron chi connectivity index (χ4n) is 2.44. The molecule has 0 aromatic carbocycles. The Bertz CT molecular complexity index is 191. The highest BCUT2D eigenvalue weighted by atomic mass is 19.3. The Morgan fingerprint density at radius 1 is 1.38 bits per heavy atom. The fourth-order valence-corrected chi connectivity index (χ4v) is 2.44. The number of hydrogen-bond donors (Lipinski definition) is 1. The summed E-state index contributed by atoms with van der Waals surface area (Å²) in [5, 5.41) is 3.17. The average Bonchev–Trinajstić information content (AvgIpc) is 2.17. The van der Waals surface area contributed by atoms with E-state index in [1.807, 2.05) is 7.05 Å². The molecule has 1 aliphatic rings. The zero-order valence-corrected chi connectivity index (χ0v) is 10.1. The van der Waals surface area contributed by atoms with Crippen LogP contribution in [0.5, 0.6) is 0 Å². The second kappa shape index (κ2) is 6.47. The first kappa shape index (κ1) is 13.8. The summed E-state index contributed by atoms with van der Waals surface area (Å²) < 4.78 is 29.9. The third kappa shape index (κ3) is 4.31. The average molecular weight is 236 g/mol. The van der Waals surface area contributed by atoms with Crippen LogP contribution in [-0.4, -0.2) is 58.3 Å². The third-order valence-corrected chi connectivity index (χ3v) is 3.16. The molecule has 0 spiro atoms. The van der Waals surface area contributed by atoms with Gasteiger partial charge in [-0.05, 0) is 32.4 Å². The number of rotatable bonds is 6. The Hall–Kier alpha value is -0.260. The van der Waals surface area contributed by atoms with Gasteiger partial charge in [0.05, 0.1) is 6.54 Å². The van der Waals surface area contributed by atoms with E-state index in [0.717, 1.165) is 32.6 Å². The van der Waals surface area contributed by atoms with E-state index in [1.165, 1.54) is 0 Å². The van der Waals surface area contributed by atoms with Gasteiger partial charge < -0.3 is 15.0 Å². The van der Waals surface area contributed by atoms with E-state index in [-0.39, 0.29) is 12.0 Å². The van der Waals surface area contributed by atoms with Crippen LogP contribution in [-0.2, 0) is 4.74 Å². The molecule has 0 aromatic heterocycles. The molecule has 0 saturated carbocycles. The van der Waals surface area contributed by atoms with Gasteiger partial charge in [-0.2, -0.15) is 0 Å². The number of nitrogens with one attached hydrogen (secondary N) is 1. The van der Waals surface area contributed by atoms with Crippen LogP contribution in [0.4, 0.5) is 8.78 Å². The van der Waals surface area contributed by atoms with E-state index in [0.29, 0.717) is 6.54 Å². The minimum Gasteiger partial charge on any atom is -0.381 e. The molecule has 96 valence electrons. The smallest absolute Gasteiger partial charge is 0.251 e. The molecule has 1 fully saturated rings. The number of ether oxygens (including phenoxy) is 1. The maximum atomic E-state index is 12.3. The molecule has 0 aromatic rings. The summed E-state index contributed by atoms with van der Waals surface area (Å²) in [5.41, 5.74) is 0.0939. The van der Waals surface area contributed by atoms with Crippen LogP contribution in [0.25, 0.3) is 0 Å². The zero-order valence-electron chi connectivity index (χ0n) is 10.1. The zero-order chi connectivity index (χ0) is 12.0. The van der Waals surface area contributed by atoms with Gasteiger partial charge in [-0.25, -0.2) is 8.78 Å². The van der Waals surface area contributed by atoms with Crippen molar-refractivity contribution in [3.05, 3.63) is 0 Å². The van der Waals surface area contributed by atoms with Crippen molar-refractivity contribution >= 4 is 0 Å². The van der Waals surface area contributed by atoms with Crippen LogP contribution < -0.4 is 5.32 Å². The van der Waals surface area contributed by atoms with Crippen molar-refractivity contribution < 1.29 is 13.5 Å². The Labute approximate surface area is 96.1 Å². The molecule has 1 rings (SSSR count). The Morgan fingerprint density at radius 2 is 2.00 bits per heavy atom. The van der Waals surface area contributed by atoms with Crippen LogP contribution >= 0.6 is 0 Å². The van der Waals surface area contributed by atoms with E-state index in [1.54, 1.807) is 11.9 Å². The molecule has 3 nitrogen and oxygen atoms in total. The van der Waals surface area contributed by atoms with Crippen molar-refractivity contribution in [3.63, 3.8) is 0 Å². The summed E-state index contributed by atoms with van der Waals surface area (Å²) in [5.74, 6) is 0. The largest absolute Gasteiger partial charge is 0.381 e. The highest BCUT2D eigenvalue weighted by molar-refractivity contribution is 4.86. The second-order valence-electron chi connectivity index (χ2n) is 4.73.